The van der Waals surface area contributed by atoms with Gasteiger partial charge in [-0.05, 0) is 61.6 Å². The van der Waals surface area contributed by atoms with Crippen LogP contribution in [0.3, 0.4) is 0 Å². The van der Waals surface area contributed by atoms with Gasteiger partial charge in [0.2, 0.25) is 10.0 Å². The molecule has 0 aliphatic heterocycles. The largest absolute Gasteiger partial charge is 0.482 e. The fourth-order valence-electron chi connectivity index (χ4n) is 3.75. The van der Waals surface area contributed by atoms with E-state index in [4.69, 9.17) is 16.3 Å². The van der Waals surface area contributed by atoms with Crippen molar-refractivity contribution in [2.24, 2.45) is 0 Å². The Morgan fingerprint density at radius 2 is 1.81 bits per heavy atom. The Labute approximate surface area is 195 Å². The Hall–Kier alpha value is -2.09. The highest BCUT2D eigenvalue weighted by Gasteiger charge is 2.22. The van der Waals surface area contributed by atoms with Crippen LogP contribution in [0.1, 0.15) is 57.4 Å². The van der Waals surface area contributed by atoms with Crippen molar-refractivity contribution < 1.29 is 17.9 Å². The second kappa shape index (κ2) is 11.7. The molecule has 0 spiro atoms. The number of sulfonamides is 1. The van der Waals surface area contributed by atoms with Crippen LogP contribution in [0, 0.1) is 0 Å². The molecule has 2 aromatic rings. The van der Waals surface area contributed by atoms with Crippen molar-refractivity contribution in [1.82, 2.24) is 4.72 Å². The average Bonchev–Trinajstić information content (AvgIpc) is 2.78. The molecule has 3 rings (SSSR count). The van der Waals surface area contributed by atoms with E-state index < -0.39 is 10.0 Å². The summed E-state index contributed by atoms with van der Waals surface area (Å²) < 4.78 is 33.5. The second-order valence-corrected chi connectivity index (χ2v) is 10.3. The first-order valence-electron chi connectivity index (χ1n) is 11.2. The molecule has 8 heteroatoms. The normalized spacial score (nSPS) is 14.8. The summed E-state index contributed by atoms with van der Waals surface area (Å²) in [5, 5.41) is 2.93. The molecule has 0 bridgehead atoms. The first-order chi connectivity index (χ1) is 15.4. The zero-order valence-corrected chi connectivity index (χ0v) is 20.0. The van der Waals surface area contributed by atoms with E-state index in [9.17, 15) is 13.2 Å². The van der Waals surface area contributed by atoms with Crippen LogP contribution in [0.15, 0.2) is 47.4 Å². The molecular formula is C24H31ClN2O4S. The molecule has 2 N–H and O–H groups in total. The number of aryl methyl sites for hydroxylation is 1. The van der Waals surface area contributed by atoms with Gasteiger partial charge in [0, 0.05) is 11.7 Å². The van der Waals surface area contributed by atoms with E-state index in [-0.39, 0.29) is 34.2 Å². The maximum atomic E-state index is 12.6. The molecule has 1 aliphatic rings. The number of carbonyl (C=O) groups excluding carboxylic acids is 1. The molecule has 0 heterocycles. The number of hydrogen-bond donors (Lipinski definition) is 2. The van der Waals surface area contributed by atoms with Gasteiger partial charge >= 0.3 is 0 Å². The molecule has 1 aliphatic carbocycles. The van der Waals surface area contributed by atoms with Gasteiger partial charge in [-0.15, -0.1) is 0 Å². The maximum Gasteiger partial charge on any atom is 0.262 e. The fourth-order valence-corrected chi connectivity index (χ4v) is 5.38. The summed E-state index contributed by atoms with van der Waals surface area (Å²) in [4.78, 5) is 12.3. The number of unbranched alkanes of at least 4 members (excludes halogenated alkanes) is 1. The molecule has 6 nitrogen and oxygen atoms in total. The van der Waals surface area contributed by atoms with Crippen LogP contribution >= 0.6 is 11.6 Å². The molecule has 0 unspecified atom stereocenters. The Kier molecular flexibility index (Phi) is 8.96. The van der Waals surface area contributed by atoms with Gasteiger partial charge in [0.05, 0.1) is 9.92 Å². The van der Waals surface area contributed by atoms with Crippen LogP contribution in [0.4, 0.5) is 5.69 Å². The molecule has 0 saturated heterocycles. The molecule has 1 fully saturated rings. The summed E-state index contributed by atoms with van der Waals surface area (Å²) >= 11 is 6.23. The third-order valence-corrected chi connectivity index (χ3v) is 7.37. The van der Waals surface area contributed by atoms with Gasteiger partial charge in [0.15, 0.2) is 6.61 Å². The molecular weight excluding hydrogens is 448 g/mol. The third kappa shape index (κ3) is 7.22. The van der Waals surface area contributed by atoms with Gasteiger partial charge in [-0.3, -0.25) is 4.79 Å². The Morgan fingerprint density at radius 3 is 2.47 bits per heavy atom. The minimum Gasteiger partial charge on any atom is -0.482 e. The number of benzene rings is 2. The van der Waals surface area contributed by atoms with E-state index in [2.05, 4.69) is 17.0 Å². The summed E-state index contributed by atoms with van der Waals surface area (Å²) in [5.41, 5.74) is 1.93. The van der Waals surface area contributed by atoms with E-state index in [0.29, 0.717) is 5.69 Å². The number of hydrogen-bond acceptors (Lipinski definition) is 4. The quantitative estimate of drug-likeness (QED) is 0.484. The summed E-state index contributed by atoms with van der Waals surface area (Å²) in [6.45, 7) is 1.92. The van der Waals surface area contributed by atoms with E-state index in [0.717, 1.165) is 51.4 Å². The lowest BCUT2D eigenvalue weighted by Crippen LogP contribution is -2.36. The Balaban J connectivity index is 1.53. The number of rotatable bonds is 10. The number of ether oxygens (including phenoxy) is 1. The number of anilines is 1. The van der Waals surface area contributed by atoms with E-state index in [1.807, 2.05) is 24.3 Å². The van der Waals surface area contributed by atoms with Crippen LogP contribution in [-0.2, 0) is 21.2 Å². The van der Waals surface area contributed by atoms with Crippen molar-refractivity contribution >= 4 is 33.2 Å². The molecule has 0 aromatic heterocycles. The van der Waals surface area contributed by atoms with Crippen molar-refractivity contribution in [1.29, 1.82) is 0 Å². The summed E-state index contributed by atoms with van der Waals surface area (Å²) in [6.07, 6.45) is 8.22. The summed E-state index contributed by atoms with van der Waals surface area (Å²) in [5.74, 6) is -0.0635. The first-order valence-corrected chi connectivity index (χ1v) is 13.1. The molecule has 174 valence electrons. The number of carbonyl (C=O) groups is 1. The van der Waals surface area contributed by atoms with Crippen LogP contribution in [0.5, 0.6) is 5.75 Å². The van der Waals surface area contributed by atoms with E-state index in [1.54, 1.807) is 0 Å². The van der Waals surface area contributed by atoms with Crippen molar-refractivity contribution in [2.45, 2.75) is 69.2 Å². The number of nitrogens with one attached hydrogen (secondary N) is 2. The topological polar surface area (TPSA) is 84.5 Å². The monoisotopic (exact) mass is 478 g/mol. The predicted octanol–water partition coefficient (Wildman–Crippen LogP) is 5.31. The third-order valence-electron chi connectivity index (χ3n) is 5.56. The lowest BCUT2D eigenvalue weighted by Gasteiger charge is -2.22. The van der Waals surface area contributed by atoms with E-state index >= 15 is 0 Å². The molecule has 0 radical (unpaired) electrons. The van der Waals surface area contributed by atoms with Gasteiger partial charge in [-0.1, -0.05) is 56.3 Å². The van der Waals surface area contributed by atoms with Crippen molar-refractivity contribution in [3.63, 3.8) is 0 Å². The number of halogens is 1. The van der Waals surface area contributed by atoms with Gasteiger partial charge in [0.1, 0.15) is 5.75 Å². The lowest BCUT2D eigenvalue weighted by atomic mass is 9.96. The van der Waals surface area contributed by atoms with Crippen LogP contribution in [0.2, 0.25) is 5.02 Å². The SMILES string of the molecule is CCCCc1ccc(NC(=O)COc2ccc(S(=O)(=O)NC3CCCCC3)cc2Cl)cc1. The highest BCUT2D eigenvalue weighted by atomic mass is 35.5. The zero-order valence-electron chi connectivity index (χ0n) is 18.4. The average molecular weight is 479 g/mol. The van der Waals surface area contributed by atoms with Crippen molar-refractivity contribution in [2.75, 3.05) is 11.9 Å². The second-order valence-electron chi connectivity index (χ2n) is 8.19. The standard InChI is InChI=1S/C24H31ClN2O4S/c1-2-3-7-18-10-12-19(13-11-18)26-24(28)17-31-23-15-14-21(16-22(23)25)32(29,30)27-20-8-5-4-6-9-20/h10-16,20,27H,2-9,17H2,1H3,(H,26,28). The first kappa shape index (κ1) is 24.6. The Bertz CT molecular complexity index is 1000. The lowest BCUT2D eigenvalue weighted by molar-refractivity contribution is -0.118. The Morgan fingerprint density at radius 1 is 1.09 bits per heavy atom. The van der Waals surface area contributed by atoms with Gasteiger partial charge in [-0.2, -0.15) is 0 Å². The van der Waals surface area contributed by atoms with E-state index in [1.165, 1.54) is 23.8 Å². The maximum absolute atomic E-state index is 12.6. The fraction of sp³-hybridized carbons (Fsp3) is 0.458. The predicted molar refractivity (Wildman–Crippen MR) is 128 cm³/mol. The molecule has 1 saturated carbocycles. The smallest absolute Gasteiger partial charge is 0.262 e. The van der Waals surface area contributed by atoms with Gasteiger partial charge < -0.3 is 10.1 Å². The van der Waals surface area contributed by atoms with Gasteiger partial charge in [-0.25, -0.2) is 13.1 Å². The van der Waals surface area contributed by atoms with Crippen LogP contribution in [-0.4, -0.2) is 27.0 Å². The van der Waals surface area contributed by atoms with Crippen molar-refractivity contribution in [3.8, 4) is 5.75 Å². The minimum atomic E-state index is -3.65. The molecule has 32 heavy (non-hydrogen) atoms. The van der Waals surface area contributed by atoms with Crippen molar-refractivity contribution in [3.05, 3.63) is 53.1 Å². The minimum absolute atomic E-state index is 0.0344. The highest BCUT2D eigenvalue weighted by molar-refractivity contribution is 7.89. The van der Waals surface area contributed by atoms with Gasteiger partial charge in [0.25, 0.3) is 5.91 Å². The summed E-state index contributed by atoms with van der Waals surface area (Å²) in [6, 6.07) is 12.0. The number of amides is 1. The molecule has 2 aromatic carbocycles. The van der Waals surface area contributed by atoms with Crippen LogP contribution in [0.25, 0.3) is 0 Å². The zero-order chi connectivity index (χ0) is 23.0. The van der Waals surface area contributed by atoms with Crippen LogP contribution < -0.4 is 14.8 Å². The molecule has 0 atom stereocenters. The summed E-state index contributed by atoms with van der Waals surface area (Å²) in [7, 11) is -3.65. The molecule has 1 amide bonds. The highest BCUT2D eigenvalue weighted by Crippen LogP contribution is 2.28.